The molecule has 2 N–H and O–H groups in total. The Kier molecular flexibility index (Phi) is 3.13. The maximum Gasteiger partial charge on any atom is 0.341 e. The zero-order valence-corrected chi connectivity index (χ0v) is 15.3. The number of halogens is 1. The molecule has 6 fully saturated rings. The lowest BCUT2D eigenvalue weighted by molar-refractivity contribution is -0.0864. The molecule has 5 heterocycles. The third kappa shape index (κ3) is 2.04. The fraction of sp³-hybridized carbons (Fsp3) is 0.550. The molecule has 28 heavy (non-hydrogen) atoms. The number of anilines is 1. The number of nitrogens with one attached hydrogen (secondary N) is 1. The van der Waals surface area contributed by atoms with Gasteiger partial charge in [-0.25, -0.2) is 14.2 Å². The molecule has 2 unspecified atom stereocenters. The van der Waals surface area contributed by atoms with Gasteiger partial charge in [0.15, 0.2) is 11.6 Å². The van der Waals surface area contributed by atoms with E-state index in [2.05, 4.69) is 10.3 Å². The third-order valence-corrected chi connectivity index (χ3v) is 7.28. The summed E-state index contributed by atoms with van der Waals surface area (Å²) >= 11 is 0. The standard InChI is InChI=1S/C20H21FN4O3/c21-15-3-13-16(26)14(19(27)28)9-25(20-4-10(5-20)6-20)17(13)23-18(15)24-8-11-1-2-12(24)7-22-11/h3,9-12,22H,1-2,4-8H2,(H,27,28). The van der Waals surface area contributed by atoms with Crippen molar-refractivity contribution in [1.29, 1.82) is 0 Å². The fourth-order valence-corrected chi connectivity index (χ4v) is 5.63. The third-order valence-electron chi connectivity index (χ3n) is 7.28. The molecule has 3 saturated heterocycles. The van der Waals surface area contributed by atoms with Crippen LogP contribution >= 0.6 is 0 Å². The average molecular weight is 384 g/mol. The minimum absolute atomic E-state index is 0.0613. The Balaban J connectivity index is 1.58. The van der Waals surface area contributed by atoms with Crippen LogP contribution in [0.1, 0.15) is 42.5 Å². The number of piperidine rings is 2. The Morgan fingerprint density at radius 3 is 2.64 bits per heavy atom. The highest BCUT2D eigenvalue weighted by atomic mass is 19.1. The molecular weight excluding hydrogens is 363 g/mol. The summed E-state index contributed by atoms with van der Waals surface area (Å²) in [7, 11) is 0. The average Bonchev–Trinajstić information content (AvgIpc) is 2.61. The Bertz CT molecular complexity index is 1070. The molecule has 2 atom stereocenters. The number of fused-ring (bicyclic) bond motifs is 4. The van der Waals surface area contributed by atoms with Crippen molar-refractivity contribution in [2.24, 2.45) is 5.92 Å². The molecule has 3 aliphatic carbocycles. The molecule has 8 heteroatoms. The van der Waals surface area contributed by atoms with E-state index in [4.69, 9.17) is 0 Å². The first-order valence-electron chi connectivity index (χ1n) is 9.95. The van der Waals surface area contributed by atoms with Crippen LogP contribution in [0.15, 0.2) is 17.1 Å². The molecule has 3 aliphatic heterocycles. The van der Waals surface area contributed by atoms with E-state index in [9.17, 15) is 14.7 Å². The Labute approximate surface area is 160 Å². The Morgan fingerprint density at radius 2 is 2.11 bits per heavy atom. The molecule has 4 bridgehead atoms. The van der Waals surface area contributed by atoms with Crippen LogP contribution in [0, 0.1) is 11.7 Å². The number of aromatic nitrogens is 2. The van der Waals surface area contributed by atoms with Gasteiger partial charge >= 0.3 is 5.97 Å². The van der Waals surface area contributed by atoms with Crippen molar-refractivity contribution in [3.8, 4) is 0 Å². The van der Waals surface area contributed by atoms with Crippen molar-refractivity contribution in [3.63, 3.8) is 0 Å². The zero-order valence-electron chi connectivity index (χ0n) is 15.3. The maximum absolute atomic E-state index is 15.1. The number of carboxylic acids is 1. The molecule has 2 aromatic heterocycles. The molecule has 3 saturated carbocycles. The quantitative estimate of drug-likeness (QED) is 0.837. The van der Waals surface area contributed by atoms with Crippen molar-refractivity contribution in [2.45, 2.75) is 49.7 Å². The van der Waals surface area contributed by atoms with E-state index < -0.39 is 17.2 Å². The molecule has 2 aromatic rings. The van der Waals surface area contributed by atoms with E-state index in [1.165, 1.54) is 12.3 Å². The highest BCUT2D eigenvalue weighted by molar-refractivity contribution is 5.92. The van der Waals surface area contributed by atoms with Crippen molar-refractivity contribution in [3.05, 3.63) is 33.9 Å². The highest BCUT2D eigenvalue weighted by Crippen LogP contribution is 2.62. The van der Waals surface area contributed by atoms with Crippen LogP contribution in [-0.2, 0) is 5.54 Å². The fourth-order valence-electron chi connectivity index (χ4n) is 5.63. The molecule has 146 valence electrons. The summed E-state index contributed by atoms with van der Waals surface area (Å²) in [5.74, 6) is -0.877. The number of nitrogens with zero attached hydrogens (tertiary/aromatic N) is 3. The minimum Gasteiger partial charge on any atom is -0.477 e. The number of carbonyl (C=O) groups is 1. The van der Waals surface area contributed by atoms with Crippen LogP contribution in [0.25, 0.3) is 11.0 Å². The van der Waals surface area contributed by atoms with Gasteiger partial charge in [0, 0.05) is 36.9 Å². The predicted octanol–water partition coefficient (Wildman–Crippen LogP) is 1.68. The SMILES string of the molecule is O=C(O)c1cn(C23CC(C2)C3)c2nc(N3CC4CCC3CN4)c(F)cc2c1=O. The van der Waals surface area contributed by atoms with Crippen molar-refractivity contribution >= 4 is 22.8 Å². The van der Waals surface area contributed by atoms with Gasteiger partial charge < -0.3 is 19.9 Å². The summed E-state index contributed by atoms with van der Waals surface area (Å²) in [5.41, 5.74) is -0.720. The van der Waals surface area contributed by atoms with Crippen LogP contribution in [0.3, 0.4) is 0 Å². The second kappa shape index (κ2) is 5.31. The summed E-state index contributed by atoms with van der Waals surface area (Å²) in [6.45, 7) is 1.50. The molecule has 6 aliphatic rings. The van der Waals surface area contributed by atoms with Gasteiger partial charge in [-0.2, -0.15) is 0 Å². The van der Waals surface area contributed by atoms with E-state index >= 15 is 4.39 Å². The molecule has 0 radical (unpaired) electrons. The largest absolute Gasteiger partial charge is 0.477 e. The van der Waals surface area contributed by atoms with Crippen molar-refractivity contribution in [2.75, 3.05) is 18.0 Å². The summed E-state index contributed by atoms with van der Waals surface area (Å²) in [4.78, 5) is 31.0. The summed E-state index contributed by atoms with van der Waals surface area (Å²) < 4.78 is 16.9. The number of pyridine rings is 2. The van der Waals surface area contributed by atoms with Crippen LogP contribution in [0.4, 0.5) is 10.2 Å². The molecule has 8 rings (SSSR count). The van der Waals surface area contributed by atoms with Gasteiger partial charge in [-0.3, -0.25) is 4.79 Å². The molecule has 0 spiro atoms. The normalized spacial score (nSPS) is 32.9. The molecule has 0 amide bonds. The minimum atomic E-state index is -1.28. The van der Waals surface area contributed by atoms with Crippen molar-refractivity contribution in [1.82, 2.24) is 14.9 Å². The highest BCUT2D eigenvalue weighted by Gasteiger charge is 2.58. The Morgan fingerprint density at radius 1 is 1.32 bits per heavy atom. The van der Waals surface area contributed by atoms with E-state index in [0.717, 1.165) is 38.6 Å². The van der Waals surface area contributed by atoms with Gasteiger partial charge in [-0.05, 0) is 44.1 Å². The smallest absolute Gasteiger partial charge is 0.341 e. The van der Waals surface area contributed by atoms with Crippen LogP contribution < -0.4 is 15.6 Å². The van der Waals surface area contributed by atoms with Gasteiger partial charge in [0.25, 0.3) is 0 Å². The first-order valence-corrected chi connectivity index (χ1v) is 9.95. The zero-order chi connectivity index (χ0) is 19.2. The van der Waals surface area contributed by atoms with Gasteiger partial charge in [-0.15, -0.1) is 0 Å². The van der Waals surface area contributed by atoms with Crippen LogP contribution in [0.2, 0.25) is 0 Å². The summed E-state index contributed by atoms with van der Waals surface area (Å²) in [5, 5.41) is 13.0. The lowest BCUT2D eigenvalue weighted by Crippen LogP contribution is -2.61. The van der Waals surface area contributed by atoms with Crippen LogP contribution in [0.5, 0.6) is 0 Å². The second-order valence-corrected chi connectivity index (χ2v) is 8.90. The Hall–Kier alpha value is -2.48. The van der Waals surface area contributed by atoms with E-state index in [1.54, 1.807) is 0 Å². The van der Waals surface area contributed by atoms with Crippen LogP contribution in [-0.4, -0.2) is 45.8 Å². The number of rotatable bonds is 3. The predicted molar refractivity (Wildman–Crippen MR) is 100 cm³/mol. The number of carboxylic acid groups (broad SMARTS) is 1. The first kappa shape index (κ1) is 16.5. The maximum atomic E-state index is 15.1. The number of hydrogen-bond acceptors (Lipinski definition) is 5. The lowest BCUT2D eigenvalue weighted by Gasteiger charge is -2.62. The van der Waals surface area contributed by atoms with Gasteiger partial charge in [-0.1, -0.05) is 0 Å². The molecule has 7 nitrogen and oxygen atoms in total. The number of piperazine rings is 1. The van der Waals surface area contributed by atoms with E-state index in [-0.39, 0.29) is 28.3 Å². The summed E-state index contributed by atoms with van der Waals surface area (Å²) in [6, 6.07) is 1.72. The topological polar surface area (TPSA) is 87.5 Å². The van der Waals surface area contributed by atoms with Crippen molar-refractivity contribution < 1.29 is 14.3 Å². The lowest BCUT2D eigenvalue weighted by atomic mass is 9.49. The summed E-state index contributed by atoms with van der Waals surface area (Å²) in [6.07, 6.45) is 6.41. The first-order chi connectivity index (χ1) is 13.4. The molecule has 0 aromatic carbocycles. The van der Waals surface area contributed by atoms with Gasteiger partial charge in [0.05, 0.1) is 5.39 Å². The second-order valence-electron chi connectivity index (χ2n) is 8.90. The number of hydrogen-bond donors (Lipinski definition) is 2. The van der Waals surface area contributed by atoms with E-state index in [1.807, 2.05) is 9.47 Å². The molecular formula is C20H21FN4O3. The number of aromatic carboxylic acids is 1. The van der Waals surface area contributed by atoms with Gasteiger partial charge in [0.1, 0.15) is 11.2 Å². The van der Waals surface area contributed by atoms with Gasteiger partial charge in [0.2, 0.25) is 5.43 Å². The monoisotopic (exact) mass is 384 g/mol. The van der Waals surface area contributed by atoms with E-state index in [0.29, 0.717) is 24.2 Å².